The van der Waals surface area contributed by atoms with E-state index in [0.29, 0.717) is 5.54 Å². The highest BCUT2D eigenvalue weighted by Gasteiger charge is 2.36. The molecule has 0 aromatic heterocycles. The summed E-state index contributed by atoms with van der Waals surface area (Å²) in [6, 6.07) is 0. The first-order valence-electron chi connectivity index (χ1n) is 3.95. The third kappa shape index (κ3) is 1.53. The standard InChI is InChI=1S/C9H17N/c1-7(2)10-9(4)5-8(3)6-9/h8,10H,1,5-6H2,2-4H3. The summed E-state index contributed by atoms with van der Waals surface area (Å²) >= 11 is 0. The SMILES string of the molecule is C=C(C)NC1(C)CC(C)C1. The summed E-state index contributed by atoms with van der Waals surface area (Å²) in [6.07, 6.45) is 2.58. The van der Waals surface area contributed by atoms with Crippen LogP contribution in [0.2, 0.25) is 0 Å². The Balaban J connectivity index is 2.34. The van der Waals surface area contributed by atoms with Gasteiger partial charge in [0.05, 0.1) is 0 Å². The fourth-order valence-corrected chi connectivity index (χ4v) is 2.10. The second kappa shape index (κ2) is 2.30. The van der Waals surface area contributed by atoms with E-state index in [-0.39, 0.29) is 0 Å². The van der Waals surface area contributed by atoms with Crippen molar-refractivity contribution in [2.75, 3.05) is 0 Å². The molecule has 0 heterocycles. The molecular weight excluding hydrogens is 122 g/mol. The van der Waals surface area contributed by atoms with Crippen LogP contribution in [0, 0.1) is 5.92 Å². The second-order valence-corrected chi connectivity index (χ2v) is 3.98. The molecule has 58 valence electrons. The van der Waals surface area contributed by atoms with Gasteiger partial charge < -0.3 is 5.32 Å². The molecule has 0 radical (unpaired) electrons. The normalized spacial score (nSPS) is 38.5. The summed E-state index contributed by atoms with van der Waals surface area (Å²) in [7, 11) is 0. The molecule has 1 saturated carbocycles. The molecule has 10 heavy (non-hydrogen) atoms. The predicted octanol–water partition coefficient (Wildman–Crippen LogP) is 2.30. The van der Waals surface area contributed by atoms with Gasteiger partial charge in [0.1, 0.15) is 0 Å². The predicted molar refractivity (Wildman–Crippen MR) is 44.8 cm³/mol. The zero-order valence-electron chi connectivity index (χ0n) is 7.20. The topological polar surface area (TPSA) is 12.0 Å². The lowest BCUT2D eigenvalue weighted by molar-refractivity contribution is 0.149. The summed E-state index contributed by atoms with van der Waals surface area (Å²) in [4.78, 5) is 0. The van der Waals surface area contributed by atoms with Crippen molar-refractivity contribution in [3.8, 4) is 0 Å². The van der Waals surface area contributed by atoms with Gasteiger partial charge in [-0.2, -0.15) is 0 Å². The van der Waals surface area contributed by atoms with Gasteiger partial charge in [-0.3, -0.25) is 0 Å². The van der Waals surface area contributed by atoms with E-state index in [1.807, 2.05) is 6.92 Å². The Bertz CT molecular complexity index is 143. The smallest absolute Gasteiger partial charge is 0.0347 e. The number of nitrogens with one attached hydrogen (secondary N) is 1. The molecule has 1 heteroatoms. The Morgan fingerprint density at radius 3 is 2.40 bits per heavy atom. The van der Waals surface area contributed by atoms with Crippen LogP contribution in [0.15, 0.2) is 12.3 Å². The average molecular weight is 139 g/mol. The maximum absolute atomic E-state index is 3.84. The molecule has 1 N–H and O–H groups in total. The van der Waals surface area contributed by atoms with Gasteiger partial charge in [-0.25, -0.2) is 0 Å². The molecule has 0 amide bonds. The van der Waals surface area contributed by atoms with E-state index in [4.69, 9.17) is 0 Å². The van der Waals surface area contributed by atoms with Crippen molar-refractivity contribution < 1.29 is 0 Å². The molecule has 0 saturated heterocycles. The van der Waals surface area contributed by atoms with Crippen LogP contribution < -0.4 is 5.32 Å². The monoisotopic (exact) mass is 139 g/mol. The average Bonchev–Trinajstić information content (AvgIpc) is 1.57. The van der Waals surface area contributed by atoms with E-state index in [9.17, 15) is 0 Å². The minimum Gasteiger partial charge on any atom is -0.384 e. The highest BCUT2D eigenvalue weighted by molar-refractivity contribution is 5.02. The minimum atomic E-state index is 0.366. The van der Waals surface area contributed by atoms with Crippen molar-refractivity contribution in [1.82, 2.24) is 5.32 Å². The molecule has 0 spiro atoms. The largest absolute Gasteiger partial charge is 0.384 e. The highest BCUT2D eigenvalue weighted by Crippen LogP contribution is 2.37. The molecule has 1 aliphatic rings. The Morgan fingerprint density at radius 1 is 1.60 bits per heavy atom. The van der Waals surface area contributed by atoms with Gasteiger partial charge in [0.25, 0.3) is 0 Å². The van der Waals surface area contributed by atoms with Crippen LogP contribution in [0.1, 0.15) is 33.6 Å². The van der Waals surface area contributed by atoms with Gasteiger partial charge >= 0.3 is 0 Å². The maximum Gasteiger partial charge on any atom is 0.0347 e. The zero-order valence-corrected chi connectivity index (χ0v) is 7.20. The van der Waals surface area contributed by atoms with E-state index in [2.05, 4.69) is 25.7 Å². The lowest BCUT2D eigenvalue weighted by atomic mass is 9.70. The van der Waals surface area contributed by atoms with Gasteiger partial charge in [-0.1, -0.05) is 13.5 Å². The second-order valence-electron chi connectivity index (χ2n) is 3.98. The van der Waals surface area contributed by atoms with E-state index < -0.39 is 0 Å². The summed E-state index contributed by atoms with van der Waals surface area (Å²) in [5, 5.41) is 3.39. The van der Waals surface area contributed by atoms with Crippen LogP contribution in [0.4, 0.5) is 0 Å². The summed E-state index contributed by atoms with van der Waals surface area (Å²) in [5.41, 5.74) is 1.46. The van der Waals surface area contributed by atoms with E-state index in [1.165, 1.54) is 12.8 Å². The molecule has 0 aromatic carbocycles. The molecule has 1 aliphatic carbocycles. The van der Waals surface area contributed by atoms with Crippen LogP contribution in [0.25, 0.3) is 0 Å². The van der Waals surface area contributed by atoms with Gasteiger partial charge in [-0.15, -0.1) is 0 Å². The van der Waals surface area contributed by atoms with Crippen molar-refractivity contribution in [1.29, 1.82) is 0 Å². The van der Waals surface area contributed by atoms with E-state index >= 15 is 0 Å². The summed E-state index contributed by atoms with van der Waals surface area (Å²) in [6.45, 7) is 10.4. The molecule has 0 aromatic rings. The fourth-order valence-electron chi connectivity index (χ4n) is 2.10. The Kier molecular flexibility index (Phi) is 1.76. The molecule has 0 bridgehead atoms. The van der Waals surface area contributed by atoms with Gasteiger partial charge in [0.15, 0.2) is 0 Å². The molecule has 0 atom stereocenters. The first-order chi connectivity index (χ1) is 4.52. The van der Waals surface area contributed by atoms with Crippen LogP contribution >= 0.6 is 0 Å². The van der Waals surface area contributed by atoms with Crippen molar-refractivity contribution in [3.63, 3.8) is 0 Å². The first kappa shape index (κ1) is 7.64. The fraction of sp³-hybridized carbons (Fsp3) is 0.778. The minimum absolute atomic E-state index is 0.366. The van der Waals surface area contributed by atoms with Crippen molar-refractivity contribution in [2.24, 2.45) is 5.92 Å². The maximum atomic E-state index is 3.84. The van der Waals surface area contributed by atoms with Crippen molar-refractivity contribution in [2.45, 2.75) is 39.2 Å². The quantitative estimate of drug-likeness (QED) is 0.619. The van der Waals surface area contributed by atoms with Gasteiger partial charge in [0.2, 0.25) is 0 Å². The van der Waals surface area contributed by atoms with Crippen molar-refractivity contribution >= 4 is 0 Å². The van der Waals surface area contributed by atoms with Gasteiger partial charge in [0, 0.05) is 11.2 Å². The molecule has 1 fully saturated rings. The Hall–Kier alpha value is -0.460. The molecule has 1 nitrogen and oxygen atoms in total. The van der Waals surface area contributed by atoms with Crippen LogP contribution in [-0.4, -0.2) is 5.54 Å². The number of hydrogen-bond acceptors (Lipinski definition) is 1. The third-order valence-corrected chi connectivity index (χ3v) is 2.11. The third-order valence-electron chi connectivity index (χ3n) is 2.11. The lowest BCUT2D eigenvalue weighted by Gasteiger charge is -2.45. The van der Waals surface area contributed by atoms with Crippen LogP contribution in [-0.2, 0) is 0 Å². The van der Waals surface area contributed by atoms with E-state index in [0.717, 1.165) is 11.6 Å². The van der Waals surface area contributed by atoms with E-state index in [1.54, 1.807) is 0 Å². The number of rotatable bonds is 2. The molecule has 0 unspecified atom stereocenters. The Labute approximate surface area is 63.5 Å². The van der Waals surface area contributed by atoms with Crippen LogP contribution in [0.3, 0.4) is 0 Å². The number of allylic oxidation sites excluding steroid dienone is 1. The lowest BCUT2D eigenvalue weighted by Crippen LogP contribution is -2.51. The molecule has 0 aliphatic heterocycles. The molecular formula is C9H17N. The van der Waals surface area contributed by atoms with Crippen molar-refractivity contribution in [3.05, 3.63) is 12.3 Å². The van der Waals surface area contributed by atoms with Gasteiger partial charge in [-0.05, 0) is 32.6 Å². The zero-order chi connectivity index (χ0) is 7.78. The van der Waals surface area contributed by atoms with Crippen LogP contribution in [0.5, 0.6) is 0 Å². The molecule has 1 rings (SSSR count). The summed E-state index contributed by atoms with van der Waals surface area (Å²) < 4.78 is 0. The Morgan fingerprint density at radius 2 is 2.10 bits per heavy atom. The number of hydrogen-bond donors (Lipinski definition) is 1. The first-order valence-corrected chi connectivity index (χ1v) is 3.95. The summed E-state index contributed by atoms with van der Waals surface area (Å²) in [5.74, 6) is 0.900. The highest BCUT2D eigenvalue weighted by atomic mass is 15.0.